The van der Waals surface area contributed by atoms with E-state index in [9.17, 15) is 18.0 Å². The molecule has 0 spiro atoms. The van der Waals surface area contributed by atoms with Crippen LogP contribution in [0, 0.1) is 0 Å². The average molecular weight is 410 g/mol. The zero-order valence-electron chi connectivity index (χ0n) is 13.6. The average Bonchev–Trinajstić information content (AvgIpc) is 2.62. The van der Waals surface area contributed by atoms with E-state index >= 15 is 0 Å². The van der Waals surface area contributed by atoms with Gasteiger partial charge < -0.3 is 5.32 Å². The Morgan fingerprint density at radius 2 is 1.52 bits per heavy atom. The van der Waals surface area contributed by atoms with E-state index < -0.39 is 23.2 Å². The minimum atomic E-state index is -4.63. The van der Waals surface area contributed by atoms with Crippen molar-refractivity contribution in [2.75, 3.05) is 5.32 Å². The second-order valence-electron chi connectivity index (χ2n) is 5.67. The highest BCUT2D eigenvalue weighted by Crippen LogP contribution is 2.36. The molecule has 0 heterocycles. The number of benzene rings is 3. The van der Waals surface area contributed by atoms with E-state index in [0.29, 0.717) is 26.9 Å². The third-order valence-corrected chi connectivity index (χ3v) is 4.42. The number of nitrogens with one attached hydrogen (secondary N) is 1. The summed E-state index contributed by atoms with van der Waals surface area (Å²) in [5.74, 6) is -0.861. The molecule has 7 heteroatoms. The predicted molar refractivity (Wildman–Crippen MR) is 101 cm³/mol. The molecule has 0 aliphatic carbocycles. The lowest BCUT2D eigenvalue weighted by Crippen LogP contribution is -2.19. The van der Waals surface area contributed by atoms with Gasteiger partial charge in [0.05, 0.1) is 11.1 Å². The van der Waals surface area contributed by atoms with Crippen LogP contribution in [0.25, 0.3) is 11.1 Å². The monoisotopic (exact) mass is 409 g/mol. The molecule has 3 aromatic rings. The molecule has 0 bridgehead atoms. The molecule has 0 saturated heterocycles. The maximum Gasteiger partial charge on any atom is 0.417 e. The van der Waals surface area contributed by atoms with Crippen molar-refractivity contribution in [1.82, 2.24) is 0 Å². The van der Waals surface area contributed by atoms with Crippen LogP contribution in [0.4, 0.5) is 18.9 Å². The van der Waals surface area contributed by atoms with Crippen LogP contribution in [0.15, 0.2) is 66.7 Å². The number of hydrogen-bond donors (Lipinski definition) is 1. The first-order chi connectivity index (χ1) is 12.8. The smallest absolute Gasteiger partial charge is 0.321 e. The van der Waals surface area contributed by atoms with Crippen LogP contribution in [0.1, 0.15) is 15.9 Å². The summed E-state index contributed by atoms with van der Waals surface area (Å²) in [6.07, 6.45) is -4.63. The topological polar surface area (TPSA) is 29.1 Å². The summed E-state index contributed by atoms with van der Waals surface area (Å²) >= 11 is 12.1. The molecule has 0 aliphatic heterocycles. The number of rotatable bonds is 3. The number of carbonyl (C=O) groups excluding carboxylic acids is 1. The van der Waals surface area contributed by atoms with Gasteiger partial charge in [-0.1, -0.05) is 59.6 Å². The molecule has 0 atom stereocenters. The zero-order valence-corrected chi connectivity index (χ0v) is 15.2. The molecule has 27 heavy (non-hydrogen) atoms. The van der Waals surface area contributed by atoms with Gasteiger partial charge >= 0.3 is 6.18 Å². The van der Waals surface area contributed by atoms with E-state index in [1.807, 2.05) is 0 Å². The quantitative estimate of drug-likeness (QED) is 0.498. The summed E-state index contributed by atoms with van der Waals surface area (Å²) < 4.78 is 39.5. The maximum atomic E-state index is 13.2. The normalized spacial score (nSPS) is 11.3. The largest absolute Gasteiger partial charge is 0.417 e. The molecule has 0 aromatic heterocycles. The predicted octanol–water partition coefficient (Wildman–Crippen LogP) is 6.93. The highest BCUT2D eigenvalue weighted by molar-refractivity contribution is 6.36. The minimum absolute atomic E-state index is 0.337. The van der Waals surface area contributed by atoms with Crippen LogP contribution in [-0.4, -0.2) is 5.91 Å². The van der Waals surface area contributed by atoms with Crippen LogP contribution < -0.4 is 5.32 Å². The minimum Gasteiger partial charge on any atom is -0.321 e. The van der Waals surface area contributed by atoms with Crippen molar-refractivity contribution in [3.8, 4) is 11.1 Å². The summed E-state index contributed by atoms with van der Waals surface area (Å²) in [7, 11) is 0. The van der Waals surface area contributed by atoms with Crippen molar-refractivity contribution in [2.24, 2.45) is 0 Å². The van der Waals surface area contributed by atoms with E-state index in [-0.39, 0.29) is 0 Å². The highest BCUT2D eigenvalue weighted by Gasteiger charge is 2.34. The van der Waals surface area contributed by atoms with E-state index in [1.165, 1.54) is 12.1 Å². The number of amides is 1. The molecular weight excluding hydrogens is 398 g/mol. The van der Waals surface area contributed by atoms with Gasteiger partial charge in [0.15, 0.2) is 0 Å². The molecular formula is C20H12Cl2F3NO. The molecule has 2 nitrogen and oxygen atoms in total. The first-order valence-electron chi connectivity index (χ1n) is 7.79. The van der Waals surface area contributed by atoms with Gasteiger partial charge in [0, 0.05) is 26.9 Å². The fraction of sp³-hybridized carbons (Fsp3) is 0.0500. The first kappa shape index (κ1) is 19.3. The lowest BCUT2D eigenvalue weighted by atomic mass is 10.0. The molecule has 1 N–H and O–H groups in total. The van der Waals surface area contributed by atoms with Crippen LogP contribution in [-0.2, 0) is 6.18 Å². The van der Waals surface area contributed by atoms with Gasteiger partial charge in [-0.2, -0.15) is 13.2 Å². The summed E-state index contributed by atoms with van der Waals surface area (Å²) in [5.41, 5.74) is 0.0493. The van der Waals surface area contributed by atoms with E-state index in [2.05, 4.69) is 5.32 Å². The zero-order chi connectivity index (χ0) is 19.6. The fourth-order valence-electron chi connectivity index (χ4n) is 2.65. The molecule has 0 unspecified atom stereocenters. The maximum absolute atomic E-state index is 13.2. The number of hydrogen-bond acceptors (Lipinski definition) is 1. The standard InChI is InChI=1S/C20H12Cl2F3NO/c21-12-9-10-13(17(22)11-12)14-5-2-4-8-18(14)26-19(27)15-6-1-3-7-16(15)20(23,24)25/h1-11H,(H,26,27). The van der Waals surface area contributed by atoms with Gasteiger partial charge in [0.25, 0.3) is 5.91 Å². The number of alkyl halides is 3. The number of halogens is 5. The van der Waals surface area contributed by atoms with Gasteiger partial charge in [-0.15, -0.1) is 0 Å². The Kier molecular flexibility index (Phi) is 5.44. The number of anilines is 1. The lowest BCUT2D eigenvalue weighted by molar-refractivity contribution is -0.137. The Bertz CT molecular complexity index is 1000. The molecule has 0 aliphatic rings. The third-order valence-electron chi connectivity index (χ3n) is 3.87. The van der Waals surface area contributed by atoms with Crippen LogP contribution in [0.2, 0.25) is 10.0 Å². The van der Waals surface area contributed by atoms with E-state index in [0.717, 1.165) is 12.1 Å². The summed E-state index contributed by atoms with van der Waals surface area (Å²) in [5, 5.41) is 3.36. The van der Waals surface area contributed by atoms with Crippen molar-refractivity contribution in [1.29, 1.82) is 0 Å². The Labute approximate surface area is 163 Å². The van der Waals surface area contributed by atoms with Crippen molar-refractivity contribution >= 4 is 34.8 Å². The summed E-state index contributed by atoms with van der Waals surface area (Å²) in [6.45, 7) is 0. The Morgan fingerprint density at radius 3 is 2.22 bits per heavy atom. The summed E-state index contributed by atoms with van der Waals surface area (Å²) in [4.78, 5) is 12.5. The molecule has 3 rings (SSSR count). The second kappa shape index (κ2) is 7.62. The molecule has 1 amide bonds. The Hall–Kier alpha value is -2.50. The van der Waals surface area contributed by atoms with Crippen LogP contribution in [0.3, 0.4) is 0 Å². The van der Waals surface area contributed by atoms with Crippen LogP contribution >= 0.6 is 23.2 Å². The van der Waals surface area contributed by atoms with Gasteiger partial charge in [0.1, 0.15) is 0 Å². The van der Waals surface area contributed by atoms with Crippen molar-refractivity contribution in [3.05, 3.63) is 87.9 Å². The highest BCUT2D eigenvalue weighted by atomic mass is 35.5. The number of carbonyl (C=O) groups is 1. The van der Waals surface area contributed by atoms with Gasteiger partial charge in [-0.25, -0.2) is 0 Å². The van der Waals surface area contributed by atoms with Crippen LogP contribution in [0.5, 0.6) is 0 Å². The molecule has 0 fully saturated rings. The molecule has 0 radical (unpaired) electrons. The van der Waals surface area contributed by atoms with E-state index in [1.54, 1.807) is 42.5 Å². The van der Waals surface area contributed by atoms with Gasteiger partial charge in [-0.05, 0) is 30.3 Å². The molecule has 138 valence electrons. The molecule has 3 aromatic carbocycles. The van der Waals surface area contributed by atoms with E-state index in [4.69, 9.17) is 23.2 Å². The third kappa shape index (κ3) is 4.26. The number of para-hydroxylation sites is 1. The van der Waals surface area contributed by atoms with Crippen molar-refractivity contribution < 1.29 is 18.0 Å². The summed E-state index contributed by atoms with van der Waals surface area (Å²) in [6, 6.07) is 16.2. The van der Waals surface area contributed by atoms with Gasteiger partial charge in [0.2, 0.25) is 0 Å². The Morgan fingerprint density at radius 1 is 0.852 bits per heavy atom. The second-order valence-corrected chi connectivity index (χ2v) is 6.51. The fourth-order valence-corrected chi connectivity index (χ4v) is 3.16. The lowest BCUT2D eigenvalue weighted by Gasteiger charge is -2.15. The van der Waals surface area contributed by atoms with Crippen molar-refractivity contribution in [2.45, 2.75) is 6.18 Å². The first-order valence-corrected chi connectivity index (χ1v) is 8.55. The van der Waals surface area contributed by atoms with Crippen molar-refractivity contribution in [3.63, 3.8) is 0 Å². The molecule has 0 saturated carbocycles. The SMILES string of the molecule is O=C(Nc1ccccc1-c1ccc(Cl)cc1Cl)c1ccccc1C(F)(F)F. The Balaban J connectivity index is 2.00. The van der Waals surface area contributed by atoms with Gasteiger partial charge in [-0.3, -0.25) is 4.79 Å².